The lowest BCUT2D eigenvalue weighted by atomic mass is 9.82. The van der Waals surface area contributed by atoms with Crippen LogP contribution in [0.4, 0.5) is 21.2 Å². The molecule has 58 heavy (non-hydrogen) atoms. The minimum Gasteiger partial charge on any atom is -0.395 e. The molecule has 4 aliphatic rings. The predicted molar refractivity (Wildman–Crippen MR) is 229 cm³/mol. The van der Waals surface area contributed by atoms with Crippen LogP contribution in [0.5, 0.6) is 0 Å². The third kappa shape index (κ3) is 7.08. The predicted octanol–water partition coefficient (Wildman–Crippen LogP) is 7.12. The molecule has 4 heterocycles. The molecule has 304 valence electrons. The van der Waals surface area contributed by atoms with Crippen LogP contribution in [0.1, 0.15) is 42.9 Å². The SMILES string of the molecule is C[C@@H]1[C@@H]([Si](C)(C)F)[C@H](CC(=O)N(CCO)Cc2ccccc2)O[C@@]12C(=O)N(Cc1cccc(N3CN(c4ccccc4)C4(CCNCC4)C3=O)c1)c1ccc(Br)cc12. The van der Waals surface area contributed by atoms with Crippen molar-refractivity contribution in [2.45, 2.75) is 75.2 Å². The first-order chi connectivity index (χ1) is 27.9. The van der Waals surface area contributed by atoms with Gasteiger partial charge in [0, 0.05) is 46.0 Å². The van der Waals surface area contributed by atoms with Gasteiger partial charge in [-0.15, -0.1) is 0 Å². The zero-order valence-corrected chi connectivity index (χ0v) is 35.8. The van der Waals surface area contributed by atoms with Crippen molar-refractivity contribution in [3.8, 4) is 0 Å². The normalized spacial score (nSPS) is 24.0. The Hall–Kier alpha value is -4.40. The number of hydrogen-bond donors (Lipinski definition) is 2. The molecule has 2 N–H and O–H groups in total. The molecule has 0 saturated carbocycles. The van der Waals surface area contributed by atoms with Gasteiger partial charge in [-0.25, -0.2) is 0 Å². The van der Waals surface area contributed by atoms with Crippen molar-refractivity contribution in [3.05, 3.63) is 124 Å². The van der Waals surface area contributed by atoms with Crippen LogP contribution >= 0.6 is 15.9 Å². The van der Waals surface area contributed by atoms with E-state index in [4.69, 9.17) is 4.74 Å². The van der Waals surface area contributed by atoms with Crippen LogP contribution in [0.15, 0.2) is 108 Å². The van der Waals surface area contributed by atoms with Gasteiger partial charge in [0.05, 0.1) is 38.0 Å². The van der Waals surface area contributed by atoms with E-state index in [2.05, 4.69) is 38.3 Å². The molecule has 2 spiro atoms. The maximum atomic E-state index is 16.6. The second-order valence-corrected chi connectivity index (χ2v) is 21.4. The number of fused-ring (bicyclic) bond motifs is 2. The Bertz CT molecular complexity index is 2170. The molecule has 4 aliphatic heterocycles. The monoisotopic (exact) mass is 867 g/mol. The summed E-state index contributed by atoms with van der Waals surface area (Å²) >= 11 is 3.62. The maximum Gasteiger partial charge on any atom is 0.264 e. The molecule has 4 aromatic carbocycles. The molecule has 4 atom stereocenters. The molecular formula is C45H51BrFN5O5Si. The van der Waals surface area contributed by atoms with E-state index in [1.807, 2.05) is 103 Å². The number of aliphatic hydroxyl groups is 1. The minimum atomic E-state index is -3.55. The van der Waals surface area contributed by atoms with E-state index in [9.17, 15) is 14.7 Å². The van der Waals surface area contributed by atoms with Crippen LogP contribution in [-0.4, -0.2) is 80.7 Å². The van der Waals surface area contributed by atoms with E-state index >= 15 is 8.90 Å². The van der Waals surface area contributed by atoms with Crippen molar-refractivity contribution >= 4 is 59.1 Å². The number of benzene rings is 4. The number of nitrogens with zero attached hydrogens (tertiary/aromatic N) is 4. The fourth-order valence-corrected chi connectivity index (χ4v) is 12.9. The Morgan fingerprint density at radius 2 is 1.60 bits per heavy atom. The molecule has 0 aromatic heterocycles. The van der Waals surface area contributed by atoms with Crippen LogP contribution in [0.2, 0.25) is 18.6 Å². The highest BCUT2D eigenvalue weighted by molar-refractivity contribution is 9.10. The van der Waals surface area contributed by atoms with Gasteiger partial charge in [0.25, 0.3) is 11.8 Å². The zero-order chi connectivity index (χ0) is 40.8. The van der Waals surface area contributed by atoms with Crippen LogP contribution in [0.25, 0.3) is 0 Å². The van der Waals surface area contributed by atoms with Crippen molar-refractivity contribution in [2.24, 2.45) is 5.92 Å². The topological polar surface area (TPSA) is 106 Å². The molecule has 3 amide bonds. The lowest BCUT2D eigenvalue weighted by Gasteiger charge is -2.39. The smallest absolute Gasteiger partial charge is 0.264 e. The summed E-state index contributed by atoms with van der Waals surface area (Å²) < 4.78 is 24.3. The third-order valence-electron chi connectivity index (χ3n) is 12.7. The summed E-state index contributed by atoms with van der Waals surface area (Å²) in [5, 5.41) is 13.3. The average molecular weight is 869 g/mol. The number of halogens is 2. The second-order valence-electron chi connectivity index (χ2n) is 16.6. The lowest BCUT2D eigenvalue weighted by Crippen LogP contribution is -2.55. The molecular weight excluding hydrogens is 818 g/mol. The van der Waals surface area contributed by atoms with Crippen LogP contribution in [-0.2, 0) is 37.8 Å². The highest BCUT2D eigenvalue weighted by atomic mass is 79.9. The van der Waals surface area contributed by atoms with Gasteiger partial charge < -0.3 is 34.0 Å². The van der Waals surface area contributed by atoms with Crippen molar-refractivity contribution in [3.63, 3.8) is 0 Å². The quantitative estimate of drug-likeness (QED) is 0.122. The number of carbonyl (C=O) groups is 3. The molecule has 0 bridgehead atoms. The molecule has 0 aliphatic carbocycles. The number of aliphatic hydroxyl groups excluding tert-OH is 1. The standard InChI is InChI=1S/C45H51BrFN5O5Si/c1-31-41(58(2,3)47)39(27-40(54)49(23-24-53)28-32-11-6-4-7-12-32)57-45(31)37-26-34(46)17-18-38(37)50(43(45)56)29-33-13-10-16-36(25-33)51-30-52(35-14-8-5-9-15-35)44(42(51)55)19-21-48-22-20-44/h4-18,25-26,31,39,41,48,53H,19-24,27-30H2,1-3H3/t31-,39+,41-,45+/m1/s1. The number of carbonyl (C=O) groups excluding carboxylic acids is 3. The summed E-state index contributed by atoms with van der Waals surface area (Å²) in [5.41, 5.74) is 1.98. The Kier molecular flexibility index (Phi) is 11.1. The van der Waals surface area contributed by atoms with Crippen molar-refractivity contribution in [1.29, 1.82) is 0 Å². The van der Waals surface area contributed by atoms with Crippen molar-refractivity contribution in [1.82, 2.24) is 10.2 Å². The fraction of sp³-hybridized carbons (Fsp3) is 0.400. The zero-order valence-electron chi connectivity index (χ0n) is 33.2. The summed E-state index contributed by atoms with van der Waals surface area (Å²) in [6, 6.07) is 33.1. The number of piperidine rings is 1. The van der Waals surface area contributed by atoms with Gasteiger partial charge in [-0.1, -0.05) is 83.5 Å². The fourth-order valence-electron chi connectivity index (χ4n) is 10.1. The molecule has 0 unspecified atom stereocenters. The van der Waals surface area contributed by atoms with Crippen molar-refractivity contribution in [2.75, 3.05) is 47.6 Å². The molecule has 0 radical (unpaired) electrons. The molecule has 3 saturated heterocycles. The number of ether oxygens (including phenoxy) is 1. The molecule has 8 rings (SSSR count). The van der Waals surface area contributed by atoms with E-state index in [0.29, 0.717) is 37.3 Å². The lowest BCUT2D eigenvalue weighted by molar-refractivity contribution is -0.150. The first-order valence-electron chi connectivity index (χ1n) is 20.2. The van der Waals surface area contributed by atoms with Crippen LogP contribution in [0, 0.1) is 5.92 Å². The summed E-state index contributed by atoms with van der Waals surface area (Å²) in [5.74, 6) is -1.07. The Morgan fingerprint density at radius 1 is 0.931 bits per heavy atom. The third-order valence-corrected chi connectivity index (χ3v) is 15.7. The minimum absolute atomic E-state index is 0.0699. The van der Waals surface area contributed by atoms with E-state index in [-0.39, 0.29) is 43.8 Å². The Morgan fingerprint density at radius 3 is 2.29 bits per heavy atom. The van der Waals surface area contributed by atoms with Crippen molar-refractivity contribution < 1.29 is 28.3 Å². The number of nitrogens with one attached hydrogen (secondary N) is 1. The highest BCUT2D eigenvalue weighted by Crippen LogP contribution is 2.60. The molecule has 3 fully saturated rings. The largest absolute Gasteiger partial charge is 0.395 e. The maximum absolute atomic E-state index is 16.6. The Balaban J connectivity index is 1.09. The summed E-state index contributed by atoms with van der Waals surface area (Å²) in [7, 11) is -3.55. The number of para-hydroxylation sites is 1. The van der Waals surface area contributed by atoms with Gasteiger partial charge >= 0.3 is 0 Å². The van der Waals surface area contributed by atoms with Gasteiger partial charge in [-0.05, 0) is 92.6 Å². The highest BCUT2D eigenvalue weighted by Gasteiger charge is 2.67. The first-order valence-corrected chi connectivity index (χ1v) is 24.0. The number of amides is 3. The van der Waals surface area contributed by atoms with Gasteiger partial charge in [0.15, 0.2) is 5.60 Å². The van der Waals surface area contributed by atoms with Gasteiger partial charge in [-0.3, -0.25) is 19.3 Å². The molecule has 4 aromatic rings. The van der Waals surface area contributed by atoms with Crippen LogP contribution in [0.3, 0.4) is 0 Å². The number of rotatable bonds is 11. The van der Waals surface area contributed by atoms with Gasteiger partial charge in [0.1, 0.15) is 5.54 Å². The van der Waals surface area contributed by atoms with Gasteiger partial charge in [0.2, 0.25) is 14.3 Å². The number of hydrogen-bond acceptors (Lipinski definition) is 7. The van der Waals surface area contributed by atoms with E-state index in [0.717, 1.165) is 40.1 Å². The first kappa shape index (κ1) is 40.4. The molecule has 13 heteroatoms. The van der Waals surface area contributed by atoms with E-state index < -0.39 is 37.1 Å². The van der Waals surface area contributed by atoms with Crippen LogP contribution < -0.4 is 20.0 Å². The van der Waals surface area contributed by atoms with E-state index in [1.54, 1.807) is 22.9 Å². The summed E-state index contributed by atoms with van der Waals surface area (Å²) in [4.78, 5) is 51.0. The van der Waals surface area contributed by atoms with Gasteiger partial charge in [-0.2, -0.15) is 0 Å². The summed E-state index contributed by atoms with van der Waals surface area (Å²) in [6.45, 7) is 7.45. The second kappa shape index (κ2) is 16.0. The average Bonchev–Trinajstić information content (AvgIpc) is 3.75. The summed E-state index contributed by atoms with van der Waals surface area (Å²) in [6.07, 6.45) is 0.417. The Labute approximate surface area is 349 Å². The number of anilines is 3. The molecule has 10 nitrogen and oxygen atoms in total. The van der Waals surface area contributed by atoms with E-state index in [1.165, 1.54) is 0 Å².